The standard InChI is InChI=1S/C35H42N6O3/c1-24(42)38-27-17-13-25(14-18-27)22-30(36)34(44)39-33(43)12-7-5-6-10-29-23-32(31-11-8-9-21-37-31)40-41(29)28-19-15-26(16-20-28)35(2,3)4/h8-9,11,13-21,23,30H,5-7,10,12,22,36H2,1-4H3,(H,38,42)(H,39,43,44). The van der Waals surface area contributed by atoms with Crippen LogP contribution >= 0.6 is 0 Å². The van der Waals surface area contributed by atoms with Gasteiger partial charge in [-0.1, -0.05) is 57.5 Å². The van der Waals surface area contributed by atoms with Crippen molar-refractivity contribution in [2.75, 3.05) is 5.32 Å². The highest BCUT2D eigenvalue weighted by Gasteiger charge is 2.18. The minimum atomic E-state index is -0.850. The van der Waals surface area contributed by atoms with Crippen LogP contribution < -0.4 is 16.4 Å². The smallest absolute Gasteiger partial charge is 0.243 e. The summed E-state index contributed by atoms with van der Waals surface area (Å²) in [6.07, 6.45) is 5.42. The van der Waals surface area contributed by atoms with Gasteiger partial charge < -0.3 is 11.1 Å². The summed E-state index contributed by atoms with van der Waals surface area (Å²) in [7, 11) is 0. The van der Waals surface area contributed by atoms with Gasteiger partial charge in [0.15, 0.2) is 0 Å². The number of nitrogens with one attached hydrogen (secondary N) is 2. The first kappa shape index (κ1) is 32.3. The highest BCUT2D eigenvalue weighted by atomic mass is 16.2. The van der Waals surface area contributed by atoms with Crippen molar-refractivity contribution in [2.45, 2.75) is 77.7 Å². The Morgan fingerprint density at radius 3 is 2.27 bits per heavy atom. The number of pyridine rings is 1. The van der Waals surface area contributed by atoms with E-state index in [2.05, 4.69) is 66.7 Å². The second-order valence-corrected chi connectivity index (χ2v) is 12.1. The molecule has 0 aliphatic carbocycles. The van der Waals surface area contributed by atoms with E-state index in [0.29, 0.717) is 12.1 Å². The Morgan fingerprint density at radius 2 is 1.64 bits per heavy atom. The molecule has 4 rings (SSSR count). The molecule has 0 fully saturated rings. The molecule has 0 aliphatic heterocycles. The second kappa shape index (κ2) is 14.7. The quantitative estimate of drug-likeness (QED) is 0.186. The van der Waals surface area contributed by atoms with E-state index in [0.717, 1.165) is 47.6 Å². The Bertz CT molecular complexity index is 1560. The summed E-state index contributed by atoms with van der Waals surface area (Å²) in [5.41, 5.74) is 12.6. The molecule has 3 amide bonds. The lowest BCUT2D eigenvalue weighted by Gasteiger charge is -2.19. The van der Waals surface area contributed by atoms with E-state index < -0.39 is 11.9 Å². The van der Waals surface area contributed by atoms with Crippen molar-refractivity contribution >= 4 is 23.4 Å². The number of amides is 3. The van der Waals surface area contributed by atoms with E-state index in [4.69, 9.17) is 10.8 Å². The summed E-state index contributed by atoms with van der Waals surface area (Å²) in [5, 5.41) is 10.0. The van der Waals surface area contributed by atoms with Crippen LogP contribution in [0.1, 0.15) is 70.2 Å². The fourth-order valence-corrected chi connectivity index (χ4v) is 4.90. The van der Waals surface area contributed by atoms with Crippen molar-refractivity contribution in [2.24, 2.45) is 5.73 Å². The summed E-state index contributed by atoms with van der Waals surface area (Å²) in [4.78, 5) is 40.6. The number of hydrogen-bond donors (Lipinski definition) is 3. The number of anilines is 1. The first-order valence-electron chi connectivity index (χ1n) is 15.1. The van der Waals surface area contributed by atoms with Crippen molar-refractivity contribution in [3.63, 3.8) is 0 Å². The maximum Gasteiger partial charge on any atom is 0.243 e. The number of imide groups is 1. The Morgan fingerprint density at radius 1 is 0.909 bits per heavy atom. The molecule has 0 bridgehead atoms. The van der Waals surface area contributed by atoms with Gasteiger partial charge >= 0.3 is 0 Å². The topological polar surface area (TPSA) is 132 Å². The normalized spacial score (nSPS) is 12.0. The predicted molar refractivity (Wildman–Crippen MR) is 173 cm³/mol. The Hall–Kier alpha value is -4.63. The van der Waals surface area contributed by atoms with Gasteiger partial charge in [-0.25, -0.2) is 4.68 Å². The summed E-state index contributed by atoms with van der Waals surface area (Å²) in [5.74, 6) is -0.979. The van der Waals surface area contributed by atoms with Crippen LogP contribution in [0.25, 0.3) is 17.1 Å². The van der Waals surface area contributed by atoms with E-state index in [9.17, 15) is 14.4 Å². The highest BCUT2D eigenvalue weighted by molar-refractivity contribution is 5.97. The van der Waals surface area contributed by atoms with Crippen LogP contribution in [-0.2, 0) is 32.6 Å². The van der Waals surface area contributed by atoms with Crippen molar-refractivity contribution < 1.29 is 14.4 Å². The third kappa shape index (κ3) is 9.18. The lowest BCUT2D eigenvalue weighted by molar-refractivity contribution is -0.131. The van der Waals surface area contributed by atoms with Crippen LogP contribution in [0.4, 0.5) is 5.69 Å². The van der Waals surface area contributed by atoms with Gasteiger partial charge in [0.25, 0.3) is 0 Å². The zero-order chi connectivity index (χ0) is 31.7. The first-order chi connectivity index (χ1) is 21.0. The zero-order valence-corrected chi connectivity index (χ0v) is 26.0. The number of benzene rings is 2. The average Bonchev–Trinajstić information content (AvgIpc) is 3.42. The SMILES string of the molecule is CC(=O)Nc1ccc(CC(N)C(=O)NC(=O)CCCCCc2cc(-c3ccccn3)nn2-c2ccc(C(C)(C)C)cc2)cc1. The number of unbranched alkanes of at least 4 members (excludes halogenated alkanes) is 2. The van der Waals surface area contributed by atoms with Crippen LogP contribution in [0.2, 0.25) is 0 Å². The molecule has 2 heterocycles. The number of nitrogens with zero attached hydrogens (tertiary/aromatic N) is 3. The fraction of sp³-hybridized carbons (Fsp3) is 0.343. The van der Waals surface area contributed by atoms with Gasteiger partial charge in [0.1, 0.15) is 5.69 Å². The molecule has 0 aliphatic rings. The van der Waals surface area contributed by atoms with E-state index in [1.165, 1.54) is 12.5 Å². The number of carbonyl (C=O) groups excluding carboxylic acids is 3. The molecule has 44 heavy (non-hydrogen) atoms. The molecule has 0 radical (unpaired) electrons. The molecule has 230 valence electrons. The van der Waals surface area contributed by atoms with Gasteiger partial charge in [0, 0.05) is 30.9 Å². The van der Waals surface area contributed by atoms with Gasteiger partial charge in [-0.15, -0.1) is 0 Å². The summed E-state index contributed by atoms with van der Waals surface area (Å²) in [6, 6.07) is 22.6. The van der Waals surface area contributed by atoms with Gasteiger partial charge in [-0.05, 0) is 84.7 Å². The molecule has 2 aromatic heterocycles. The minimum Gasteiger partial charge on any atom is -0.326 e. The highest BCUT2D eigenvalue weighted by Crippen LogP contribution is 2.26. The van der Waals surface area contributed by atoms with Crippen molar-refractivity contribution in [1.82, 2.24) is 20.1 Å². The molecule has 0 saturated carbocycles. The third-order valence-electron chi connectivity index (χ3n) is 7.35. The summed E-state index contributed by atoms with van der Waals surface area (Å²) in [6.45, 7) is 8.03. The van der Waals surface area contributed by atoms with Crippen molar-refractivity contribution in [3.05, 3.63) is 95.8 Å². The molecule has 0 spiro atoms. The Labute approximate surface area is 259 Å². The number of nitrogens with two attached hydrogens (primary N) is 1. The molecule has 4 aromatic rings. The van der Waals surface area contributed by atoms with Gasteiger partial charge in [-0.3, -0.25) is 24.7 Å². The molecule has 1 unspecified atom stereocenters. The van der Waals surface area contributed by atoms with Gasteiger partial charge in [0.05, 0.1) is 17.4 Å². The van der Waals surface area contributed by atoms with Crippen LogP contribution in [0, 0.1) is 0 Å². The van der Waals surface area contributed by atoms with Crippen molar-refractivity contribution in [3.8, 4) is 17.1 Å². The number of aromatic nitrogens is 3. The molecule has 9 nitrogen and oxygen atoms in total. The molecule has 4 N–H and O–H groups in total. The first-order valence-corrected chi connectivity index (χ1v) is 15.1. The largest absolute Gasteiger partial charge is 0.326 e. The van der Waals surface area contributed by atoms with E-state index in [-0.39, 0.29) is 30.1 Å². The van der Waals surface area contributed by atoms with E-state index in [1.807, 2.05) is 22.9 Å². The van der Waals surface area contributed by atoms with Crippen LogP contribution in [0.3, 0.4) is 0 Å². The zero-order valence-electron chi connectivity index (χ0n) is 26.0. The van der Waals surface area contributed by atoms with Crippen molar-refractivity contribution in [1.29, 1.82) is 0 Å². The maximum absolute atomic E-state index is 12.5. The number of aryl methyl sites for hydroxylation is 1. The summed E-state index contributed by atoms with van der Waals surface area (Å²) >= 11 is 0. The van der Waals surface area contributed by atoms with Crippen LogP contribution in [0.15, 0.2) is 79.0 Å². The van der Waals surface area contributed by atoms with Crippen LogP contribution in [0.5, 0.6) is 0 Å². The molecule has 9 heteroatoms. The summed E-state index contributed by atoms with van der Waals surface area (Å²) < 4.78 is 1.98. The molecule has 1 atom stereocenters. The van der Waals surface area contributed by atoms with Gasteiger partial charge in [0.2, 0.25) is 17.7 Å². The Kier molecular flexibility index (Phi) is 10.8. The number of carbonyl (C=O) groups is 3. The molecular formula is C35H42N6O3. The lowest BCUT2D eigenvalue weighted by atomic mass is 9.87. The molecule has 2 aromatic carbocycles. The maximum atomic E-state index is 12.5. The van der Waals surface area contributed by atoms with Crippen LogP contribution in [-0.4, -0.2) is 38.5 Å². The van der Waals surface area contributed by atoms with E-state index in [1.54, 1.807) is 30.5 Å². The fourth-order valence-electron chi connectivity index (χ4n) is 4.90. The Balaban J connectivity index is 1.28. The average molecular weight is 595 g/mol. The minimum absolute atomic E-state index is 0.0639. The molecule has 0 saturated heterocycles. The number of hydrogen-bond acceptors (Lipinski definition) is 6. The molecular weight excluding hydrogens is 552 g/mol. The number of rotatable bonds is 12. The third-order valence-corrected chi connectivity index (χ3v) is 7.35. The van der Waals surface area contributed by atoms with E-state index >= 15 is 0 Å². The lowest BCUT2D eigenvalue weighted by Crippen LogP contribution is -2.44. The van der Waals surface area contributed by atoms with Gasteiger partial charge in [-0.2, -0.15) is 5.10 Å². The second-order valence-electron chi connectivity index (χ2n) is 12.1. The monoisotopic (exact) mass is 594 g/mol. The predicted octanol–water partition coefficient (Wildman–Crippen LogP) is 5.51.